The standard InChI is InChI=1S/C19H29N3O3S/c1-14-4-5-18(15(2)12-14)26(24,25)21-9-6-17(7-10-21)19(23)22-11-8-20-13-16(22)3/h4-5,12,16-17,20H,6-11,13H2,1-3H3. The first-order chi connectivity index (χ1) is 12.3. The maximum atomic E-state index is 13.0. The fourth-order valence-corrected chi connectivity index (χ4v) is 5.65. The van der Waals surface area contributed by atoms with Crippen LogP contribution in [0.5, 0.6) is 0 Å². The van der Waals surface area contributed by atoms with Crippen LogP contribution in [-0.2, 0) is 14.8 Å². The van der Waals surface area contributed by atoms with Crippen LogP contribution in [0.4, 0.5) is 0 Å². The molecule has 1 aromatic rings. The molecule has 1 aromatic carbocycles. The fraction of sp³-hybridized carbons (Fsp3) is 0.632. The van der Waals surface area contributed by atoms with Crippen LogP contribution in [0.1, 0.15) is 30.9 Å². The summed E-state index contributed by atoms with van der Waals surface area (Å²) in [4.78, 5) is 15.1. The number of amides is 1. The molecule has 1 atom stereocenters. The Bertz CT molecular complexity index is 770. The average molecular weight is 380 g/mol. The van der Waals surface area contributed by atoms with Crippen LogP contribution in [0.15, 0.2) is 23.1 Å². The third kappa shape index (κ3) is 3.80. The molecular weight excluding hydrogens is 350 g/mol. The monoisotopic (exact) mass is 379 g/mol. The summed E-state index contributed by atoms with van der Waals surface area (Å²) >= 11 is 0. The molecule has 0 bridgehead atoms. The molecule has 0 radical (unpaired) electrons. The maximum absolute atomic E-state index is 13.0. The molecule has 0 aliphatic carbocycles. The number of aryl methyl sites for hydroxylation is 2. The van der Waals surface area contributed by atoms with Gasteiger partial charge in [0.2, 0.25) is 15.9 Å². The zero-order valence-corrected chi connectivity index (χ0v) is 16.7. The van der Waals surface area contributed by atoms with Crippen molar-refractivity contribution in [1.82, 2.24) is 14.5 Å². The molecule has 2 aliphatic heterocycles. The number of hydrogen-bond donors (Lipinski definition) is 1. The van der Waals surface area contributed by atoms with Crippen molar-refractivity contribution < 1.29 is 13.2 Å². The molecular formula is C19H29N3O3S. The molecule has 0 aromatic heterocycles. The Kier molecular flexibility index (Phi) is 5.69. The summed E-state index contributed by atoms with van der Waals surface area (Å²) < 4.78 is 27.5. The van der Waals surface area contributed by atoms with E-state index in [-0.39, 0.29) is 17.9 Å². The predicted octanol–water partition coefficient (Wildman–Crippen LogP) is 1.52. The van der Waals surface area contributed by atoms with E-state index in [9.17, 15) is 13.2 Å². The molecule has 1 N–H and O–H groups in total. The quantitative estimate of drug-likeness (QED) is 0.865. The van der Waals surface area contributed by atoms with E-state index >= 15 is 0 Å². The van der Waals surface area contributed by atoms with Crippen molar-refractivity contribution >= 4 is 15.9 Å². The van der Waals surface area contributed by atoms with Crippen LogP contribution in [0.2, 0.25) is 0 Å². The number of carbonyl (C=O) groups excluding carboxylic acids is 1. The van der Waals surface area contributed by atoms with Crippen LogP contribution < -0.4 is 5.32 Å². The van der Waals surface area contributed by atoms with E-state index in [1.54, 1.807) is 6.07 Å². The minimum absolute atomic E-state index is 0.0684. The molecule has 0 spiro atoms. The smallest absolute Gasteiger partial charge is 0.243 e. The molecule has 3 rings (SSSR count). The lowest BCUT2D eigenvalue weighted by Crippen LogP contribution is -2.55. The van der Waals surface area contributed by atoms with Gasteiger partial charge in [-0.05, 0) is 45.2 Å². The summed E-state index contributed by atoms with van der Waals surface area (Å²) in [6.07, 6.45) is 1.19. The molecule has 1 unspecified atom stereocenters. The van der Waals surface area contributed by atoms with E-state index in [0.717, 1.165) is 30.8 Å². The van der Waals surface area contributed by atoms with Crippen LogP contribution in [0, 0.1) is 19.8 Å². The normalized spacial score (nSPS) is 23.2. The van der Waals surface area contributed by atoms with Gasteiger partial charge in [0.1, 0.15) is 0 Å². The van der Waals surface area contributed by atoms with Gasteiger partial charge in [-0.15, -0.1) is 0 Å². The molecule has 144 valence electrons. The van der Waals surface area contributed by atoms with Crippen LogP contribution in [0.3, 0.4) is 0 Å². The molecule has 2 fully saturated rings. The van der Waals surface area contributed by atoms with Crippen molar-refractivity contribution in [3.63, 3.8) is 0 Å². The fourth-order valence-electron chi connectivity index (χ4n) is 3.97. The molecule has 1 amide bonds. The highest BCUT2D eigenvalue weighted by atomic mass is 32.2. The van der Waals surface area contributed by atoms with E-state index in [4.69, 9.17) is 0 Å². The topological polar surface area (TPSA) is 69.7 Å². The van der Waals surface area contributed by atoms with Crippen molar-refractivity contribution in [2.45, 2.75) is 44.6 Å². The molecule has 0 saturated carbocycles. The molecule has 2 saturated heterocycles. The van der Waals surface area contributed by atoms with Crippen molar-refractivity contribution in [3.05, 3.63) is 29.3 Å². The first-order valence-corrected chi connectivity index (χ1v) is 10.8. The Hall–Kier alpha value is -1.44. The maximum Gasteiger partial charge on any atom is 0.243 e. The highest BCUT2D eigenvalue weighted by Crippen LogP contribution is 2.27. The lowest BCUT2D eigenvalue weighted by molar-refractivity contribution is -0.139. The molecule has 2 heterocycles. The minimum Gasteiger partial charge on any atom is -0.337 e. The van der Waals surface area contributed by atoms with Gasteiger partial charge in [-0.3, -0.25) is 4.79 Å². The van der Waals surface area contributed by atoms with Crippen molar-refractivity contribution in [2.75, 3.05) is 32.7 Å². The number of piperidine rings is 1. The average Bonchev–Trinajstić information content (AvgIpc) is 2.61. The van der Waals surface area contributed by atoms with Gasteiger partial charge in [-0.2, -0.15) is 4.31 Å². The second-order valence-electron chi connectivity index (χ2n) is 7.53. The Morgan fingerprint density at radius 1 is 1.15 bits per heavy atom. The lowest BCUT2D eigenvalue weighted by Gasteiger charge is -2.38. The van der Waals surface area contributed by atoms with Gasteiger partial charge in [0.05, 0.1) is 4.90 Å². The van der Waals surface area contributed by atoms with Crippen LogP contribution in [-0.4, -0.2) is 62.3 Å². The molecule has 7 heteroatoms. The summed E-state index contributed by atoms with van der Waals surface area (Å²) in [6, 6.07) is 5.63. The second-order valence-corrected chi connectivity index (χ2v) is 9.44. The Morgan fingerprint density at radius 2 is 1.85 bits per heavy atom. The molecule has 6 nitrogen and oxygen atoms in total. The highest BCUT2D eigenvalue weighted by molar-refractivity contribution is 7.89. The third-order valence-electron chi connectivity index (χ3n) is 5.54. The number of carbonyl (C=O) groups is 1. The number of benzene rings is 1. The van der Waals surface area contributed by atoms with Gasteiger partial charge < -0.3 is 10.2 Å². The molecule has 2 aliphatic rings. The summed E-state index contributed by atoms with van der Waals surface area (Å²) in [5, 5.41) is 3.30. The summed E-state index contributed by atoms with van der Waals surface area (Å²) in [6.45, 7) is 9.06. The van der Waals surface area contributed by atoms with E-state index in [1.165, 1.54) is 4.31 Å². The van der Waals surface area contributed by atoms with Gasteiger partial charge in [-0.25, -0.2) is 8.42 Å². The van der Waals surface area contributed by atoms with E-state index in [0.29, 0.717) is 30.8 Å². The minimum atomic E-state index is -3.50. The largest absolute Gasteiger partial charge is 0.337 e. The second kappa shape index (κ2) is 7.66. The third-order valence-corrected chi connectivity index (χ3v) is 7.59. The van der Waals surface area contributed by atoms with Gasteiger partial charge in [0, 0.05) is 44.7 Å². The van der Waals surface area contributed by atoms with Crippen molar-refractivity contribution in [3.8, 4) is 0 Å². The number of sulfonamides is 1. The Labute approximate surface area is 156 Å². The SMILES string of the molecule is Cc1ccc(S(=O)(=O)N2CCC(C(=O)N3CCNCC3C)CC2)c(C)c1. The number of hydrogen-bond acceptors (Lipinski definition) is 4. The highest BCUT2D eigenvalue weighted by Gasteiger charge is 2.35. The van der Waals surface area contributed by atoms with Crippen molar-refractivity contribution in [1.29, 1.82) is 0 Å². The Morgan fingerprint density at radius 3 is 2.46 bits per heavy atom. The van der Waals surface area contributed by atoms with Gasteiger partial charge in [0.25, 0.3) is 0 Å². The van der Waals surface area contributed by atoms with Gasteiger partial charge in [0.15, 0.2) is 0 Å². The number of rotatable bonds is 3. The lowest BCUT2D eigenvalue weighted by atomic mass is 9.95. The summed E-state index contributed by atoms with van der Waals surface area (Å²) in [5.41, 5.74) is 1.83. The number of nitrogens with one attached hydrogen (secondary N) is 1. The van der Waals surface area contributed by atoms with E-state index in [2.05, 4.69) is 12.2 Å². The zero-order valence-electron chi connectivity index (χ0n) is 15.9. The van der Waals surface area contributed by atoms with Crippen LogP contribution in [0.25, 0.3) is 0 Å². The Balaban J connectivity index is 1.67. The molecule has 26 heavy (non-hydrogen) atoms. The number of piperazine rings is 1. The zero-order chi connectivity index (χ0) is 18.9. The predicted molar refractivity (Wildman–Crippen MR) is 101 cm³/mol. The number of nitrogens with zero attached hydrogens (tertiary/aromatic N) is 2. The van der Waals surface area contributed by atoms with E-state index < -0.39 is 10.0 Å². The first kappa shape index (κ1) is 19.3. The van der Waals surface area contributed by atoms with Gasteiger partial charge in [-0.1, -0.05) is 17.7 Å². The summed E-state index contributed by atoms with van der Waals surface area (Å²) in [7, 11) is -3.50. The first-order valence-electron chi connectivity index (χ1n) is 9.39. The van der Waals surface area contributed by atoms with Crippen molar-refractivity contribution in [2.24, 2.45) is 5.92 Å². The van der Waals surface area contributed by atoms with Gasteiger partial charge >= 0.3 is 0 Å². The van der Waals surface area contributed by atoms with E-state index in [1.807, 2.05) is 30.9 Å². The van der Waals surface area contributed by atoms with Crippen LogP contribution >= 0.6 is 0 Å². The summed E-state index contributed by atoms with van der Waals surface area (Å²) in [5.74, 6) is 0.115.